The maximum atomic E-state index is 10.1. The fraction of sp³-hybridized carbons (Fsp3) is 0.308. The van der Waals surface area contributed by atoms with Gasteiger partial charge in [0.1, 0.15) is 0 Å². The topological polar surface area (TPSA) is 38.0 Å². The second-order valence-electron chi connectivity index (χ2n) is 4.25. The van der Waals surface area contributed by atoms with Gasteiger partial charge in [0.05, 0.1) is 17.3 Å². The standard InChI is InChI=1S/C13H14BrClN2O/c1-17-8-9(7-16-17)2-5-13(18)10-3-4-12(15)11(14)6-10/h3-4,6-8,13,18H,2,5H2,1H3. The molecule has 3 nitrogen and oxygen atoms in total. The Bertz CT molecular complexity index is 542. The van der Waals surface area contributed by atoms with Crippen LogP contribution in [0.5, 0.6) is 0 Å². The second-order valence-corrected chi connectivity index (χ2v) is 5.51. The van der Waals surface area contributed by atoms with Crippen molar-refractivity contribution in [2.45, 2.75) is 18.9 Å². The molecule has 0 aliphatic carbocycles. The van der Waals surface area contributed by atoms with Crippen LogP contribution in [0.4, 0.5) is 0 Å². The van der Waals surface area contributed by atoms with E-state index in [4.69, 9.17) is 11.6 Å². The third kappa shape index (κ3) is 3.34. The van der Waals surface area contributed by atoms with E-state index < -0.39 is 6.10 Å². The number of aryl methyl sites for hydroxylation is 2. The molecule has 0 aliphatic rings. The van der Waals surface area contributed by atoms with Gasteiger partial charge in [-0.15, -0.1) is 0 Å². The van der Waals surface area contributed by atoms with E-state index in [-0.39, 0.29) is 0 Å². The number of aliphatic hydroxyl groups excluding tert-OH is 1. The van der Waals surface area contributed by atoms with Crippen LogP contribution in [0.25, 0.3) is 0 Å². The molecule has 5 heteroatoms. The predicted molar refractivity (Wildman–Crippen MR) is 75.6 cm³/mol. The van der Waals surface area contributed by atoms with Crippen LogP contribution in [0.1, 0.15) is 23.7 Å². The van der Waals surface area contributed by atoms with Crippen LogP contribution in [-0.4, -0.2) is 14.9 Å². The third-order valence-corrected chi connectivity index (χ3v) is 4.01. The van der Waals surface area contributed by atoms with E-state index in [1.54, 1.807) is 10.7 Å². The third-order valence-electron chi connectivity index (χ3n) is 2.79. The minimum atomic E-state index is -0.487. The molecule has 1 aromatic heterocycles. The molecule has 0 saturated heterocycles. The van der Waals surface area contributed by atoms with Crippen LogP contribution < -0.4 is 0 Å². The van der Waals surface area contributed by atoms with Gasteiger partial charge in [0.15, 0.2) is 0 Å². The number of hydrogen-bond donors (Lipinski definition) is 1. The molecule has 1 atom stereocenters. The number of hydrogen-bond acceptors (Lipinski definition) is 2. The summed E-state index contributed by atoms with van der Waals surface area (Å²) in [5.41, 5.74) is 2.00. The maximum Gasteiger partial charge on any atom is 0.0793 e. The maximum absolute atomic E-state index is 10.1. The van der Waals surface area contributed by atoms with E-state index in [2.05, 4.69) is 21.0 Å². The Morgan fingerprint density at radius 1 is 1.50 bits per heavy atom. The zero-order valence-electron chi connectivity index (χ0n) is 9.98. The van der Waals surface area contributed by atoms with Crippen molar-refractivity contribution in [2.75, 3.05) is 0 Å². The Morgan fingerprint density at radius 3 is 2.89 bits per heavy atom. The quantitative estimate of drug-likeness (QED) is 0.932. The molecule has 1 aromatic carbocycles. The van der Waals surface area contributed by atoms with Crippen LogP contribution >= 0.6 is 27.5 Å². The van der Waals surface area contributed by atoms with Crippen molar-refractivity contribution < 1.29 is 5.11 Å². The first kappa shape index (κ1) is 13.6. The first-order valence-corrected chi connectivity index (χ1v) is 6.84. The Kier molecular flexibility index (Phi) is 4.43. The molecule has 1 N–H and O–H groups in total. The van der Waals surface area contributed by atoms with E-state index >= 15 is 0 Å². The van der Waals surface area contributed by atoms with Gasteiger partial charge in [-0.05, 0) is 52.0 Å². The van der Waals surface area contributed by atoms with Crippen LogP contribution in [0.2, 0.25) is 5.02 Å². The summed E-state index contributed by atoms with van der Waals surface area (Å²) in [7, 11) is 1.89. The highest BCUT2D eigenvalue weighted by atomic mass is 79.9. The molecule has 0 fully saturated rings. The summed E-state index contributed by atoms with van der Waals surface area (Å²) in [4.78, 5) is 0. The molecule has 18 heavy (non-hydrogen) atoms. The minimum absolute atomic E-state index is 0.487. The highest BCUT2D eigenvalue weighted by molar-refractivity contribution is 9.10. The molecule has 96 valence electrons. The monoisotopic (exact) mass is 328 g/mol. The smallest absolute Gasteiger partial charge is 0.0793 e. The van der Waals surface area contributed by atoms with Gasteiger partial charge in [-0.1, -0.05) is 17.7 Å². The number of aliphatic hydroxyl groups is 1. The van der Waals surface area contributed by atoms with Gasteiger partial charge in [-0.2, -0.15) is 5.10 Å². The zero-order chi connectivity index (χ0) is 13.1. The van der Waals surface area contributed by atoms with Crippen molar-refractivity contribution in [3.05, 3.63) is 51.2 Å². The molecule has 0 aliphatic heterocycles. The van der Waals surface area contributed by atoms with Crippen molar-refractivity contribution in [3.63, 3.8) is 0 Å². The molecule has 0 radical (unpaired) electrons. The van der Waals surface area contributed by atoms with Gasteiger partial charge < -0.3 is 5.11 Å². The minimum Gasteiger partial charge on any atom is -0.388 e. The van der Waals surface area contributed by atoms with E-state index in [0.717, 1.165) is 22.0 Å². The molecule has 1 heterocycles. The molecule has 0 saturated carbocycles. The Hall–Kier alpha value is -0.840. The molecule has 0 amide bonds. The fourth-order valence-electron chi connectivity index (χ4n) is 1.79. The summed E-state index contributed by atoms with van der Waals surface area (Å²) in [6.07, 6.45) is 4.77. The lowest BCUT2D eigenvalue weighted by molar-refractivity contribution is 0.168. The van der Waals surface area contributed by atoms with Crippen molar-refractivity contribution in [2.24, 2.45) is 7.05 Å². The number of nitrogens with zero attached hydrogens (tertiary/aromatic N) is 2. The lowest BCUT2D eigenvalue weighted by Gasteiger charge is -2.11. The average Bonchev–Trinajstić information content (AvgIpc) is 2.75. The van der Waals surface area contributed by atoms with Crippen LogP contribution in [0.15, 0.2) is 35.1 Å². The average molecular weight is 330 g/mol. The van der Waals surface area contributed by atoms with E-state index in [0.29, 0.717) is 11.4 Å². The van der Waals surface area contributed by atoms with E-state index in [9.17, 15) is 5.11 Å². The van der Waals surface area contributed by atoms with Crippen molar-refractivity contribution in [3.8, 4) is 0 Å². The molecular formula is C13H14BrClN2O. The molecule has 1 unspecified atom stereocenters. The largest absolute Gasteiger partial charge is 0.388 e. The molecule has 0 bridgehead atoms. The van der Waals surface area contributed by atoms with Gasteiger partial charge in [-0.3, -0.25) is 4.68 Å². The molecule has 2 rings (SSSR count). The predicted octanol–water partition coefficient (Wildman–Crippen LogP) is 3.50. The van der Waals surface area contributed by atoms with Crippen molar-refractivity contribution in [1.29, 1.82) is 0 Å². The highest BCUT2D eigenvalue weighted by Gasteiger charge is 2.10. The summed E-state index contributed by atoms with van der Waals surface area (Å²) in [5.74, 6) is 0. The molecule has 0 spiro atoms. The molecular weight excluding hydrogens is 316 g/mol. The van der Waals surface area contributed by atoms with Crippen molar-refractivity contribution in [1.82, 2.24) is 9.78 Å². The van der Waals surface area contributed by atoms with Gasteiger partial charge >= 0.3 is 0 Å². The summed E-state index contributed by atoms with van der Waals surface area (Å²) in [6.45, 7) is 0. The normalized spacial score (nSPS) is 12.7. The Labute approximate surface area is 120 Å². The van der Waals surface area contributed by atoms with Crippen molar-refractivity contribution >= 4 is 27.5 Å². The first-order chi connectivity index (χ1) is 8.56. The summed E-state index contributed by atoms with van der Waals surface area (Å²) < 4.78 is 2.57. The highest BCUT2D eigenvalue weighted by Crippen LogP contribution is 2.27. The summed E-state index contributed by atoms with van der Waals surface area (Å²) >= 11 is 9.28. The van der Waals surface area contributed by atoms with E-state index in [1.165, 1.54) is 0 Å². The molecule has 2 aromatic rings. The lowest BCUT2D eigenvalue weighted by Crippen LogP contribution is -1.99. The number of halogens is 2. The van der Waals surface area contributed by atoms with Crippen LogP contribution in [0.3, 0.4) is 0 Å². The lowest BCUT2D eigenvalue weighted by atomic mass is 10.0. The second kappa shape index (κ2) is 5.87. The van der Waals surface area contributed by atoms with Crippen LogP contribution in [0, 0.1) is 0 Å². The van der Waals surface area contributed by atoms with Crippen LogP contribution in [-0.2, 0) is 13.5 Å². The zero-order valence-corrected chi connectivity index (χ0v) is 12.3. The number of rotatable bonds is 4. The SMILES string of the molecule is Cn1cc(CCC(O)c2ccc(Cl)c(Br)c2)cn1. The Morgan fingerprint density at radius 2 is 2.28 bits per heavy atom. The van der Waals surface area contributed by atoms with Gasteiger partial charge in [0.25, 0.3) is 0 Å². The first-order valence-electron chi connectivity index (χ1n) is 5.67. The number of aromatic nitrogens is 2. The van der Waals surface area contributed by atoms with Gasteiger partial charge in [0, 0.05) is 17.7 Å². The number of benzene rings is 1. The van der Waals surface area contributed by atoms with Gasteiger partial charge in [-0.25, -0.2) is 0 Å². The van der Waals surface area contributed by atoms with E-state index in [1.807, 2.05) is 31.6 Å². The summed E-state index contributed by atoms with van der Waals surface area (Å²) in [5, 5.41) is 14.9. The Balaban J connectivity index is 1.99. The fourth-order valence-corrected chi connectivity index (χ4v) is 2.30. The van der Waals surface area contributed by atoms with Gasteiger partial charge in [0.2, 0.25) is 0 Å². The summed E-state index contributed by atoms with van der Waals surface area (Å²) in [6, 6.07) is 5.49.